The molecule has 2 aromatic heterocycles. The van der Waals surface area contributed by atoms with E-state index in [-0.39, 0.29) is 5.82 Å². The van der Waals surface area contributed by atoms with Crippen LogP contribution in [0, 0.1) is 5.82 Å². The minimum atomic E-state index is -0.420. The molecule has 0 radical (unpaired) electrons. The molecule has 23 heavy (non-hydrogen) atoms. The van der Waals surface area contributed by atoms with Crippen molar-refractivity contribution in [3.8, 4) is 10.6 Å². The zero-order valence-corrected chi connectivity index (χ0v) is 13.1. The first-order valence-electron chi connectivity index (χ1n) is 7.45. The minimum absolute atomic E-state index is 0.269. The van der Waals surface area contributed by atoms with Gasteiger partial charge in [0.25, 0.3) is 0 Å². The first-order chi connectivity index (χ1) is 11.1. The van der Waals surface area contributed by atoms with Gasteiger partial charge in [0.05, 0.1) is 17.7 Å². The number of hydrogen-bond acceptors (Lipinski definition) is 6. The molecule has 1 aliphatic carbocycles. The predicted octanol–water partition coefficient (Wildman–Crippen LogP) is 3.26. The van der Waals surface area contributed by atoms with Gasteiger partial charge in [-0.2, -0.15) is 4.98 Å². The van der Waals surface area contributed by atoms with Crippen LogP contribution in [0.1, 0.15) is 36.7 Å². The summed E-state index contributed by atoms with van der Waals surface area (Å²) in [7, 11) is 0. The number of halogens is 1. The fraction of sp³-hybridized carbons (Fsp3) is 0.312. The molecule has 0 spiro atoms. The number of benzene rings is 1. The van der Waals surface area contributed by atoms with Crippen LogP contribution >= 0.6 is 11.3 Å². The van der Waals surface area contributed by atoms with Crippen molar-refractivity contribution < 1.29 is 8.91 Å². The second-order valence-electron chi connectivity index (χ2n) is 5.85. The van der Waals surface area contributed by atoms with Crippen molar-refractivity contribution >= 4 is 11.3 Å². The largest absolute Gasteiger partial charge is 0.339 e. The highest BCUT2D eigenvalue weighted by molar-refractivity contribution is 7.13. The molecule has 0 atom stereocenters. The second kappa shape index (κ2) is 5.50. The molecule has 2 heterocycles. The van der Waals surface area contributed by atoms with Crippen LogP contribution in [0.2, 0.25) is 0 Å². The molecular weight excluding hydrogens is 315 g/mol. The summed E-state index contributed by atoms with van der Waals surface area (Å²) in [6.07, 6.45) is 3.34. The Hall–Kier alpha value is -2.12. The number of thiazole rings is 1. The van der Waals surface area contributed by atoms with E-state index in [0.29, 0.717) is 18.1 Å². The van der Waals surface area contributed by atoms with Crippen molar-refractivity contribution in [3.05, 3.63) is 52.9 Å². The average molecular weight is 330 g/mol. The Balaban J connectivity index is 1.52. The highest BCUT2D eigenvalue weighted by Crippen LogP contribution is 2.37. The van der Waals surface area contributed by atoms with E-state index in [1.54, 1.807) is 6.07 Å². The quantitative estimate of drug-likeness (QED) is 0.794. The topological polar surface area (TPSA) is 77.8 Å². The lowest BCUT2D eigenvalue weighted by atomic mass is 9.77. The SMILES string of the molecule is NC1(c2noc(Cc3csc(-c4cccc(F)c4)n3)n2)CCC1. The van der Waals surface area contributed by atoms with Gasteiger partial charge in [-0.25, -0.2) is 9.37 Å². The summed E-state index contributed by atoms with van der Waals surface area (Å²) < 4.78 is 18.6. The molecule has 0 amide bonds. The van der Waals surface area contributed by atoms with Gasteiger partial charge in [-0.05, 0) is 31.4 Å². The van der Waals surface area contributed by atoms with Gasteiger partial charge >= 0.3 is 0 Å². The molecule has 0 saturated heterocycles. The van der Waals surface area contributed by atoms with Gasteiger partial charge in [0, 0.05) is 10.9 Å². The van der Waals surface area contributed by atoms with E-state index in [9.17, 15) is 4.39 Å². The minimum Gasteiger partial charge on any atom is -0.339 e. The molecule has 4 rings (SSSR count). The Labute approximate surface area is 136 Å². The average Bonchev–Trinajstić information content (AvgIpc) is 3.15. The third-order valence-electron chi connectivity index (χ3n) is 4.11. The van der Waals surface area contributed by atoms with Crippen molar-refractivity contribution in [1.82, 2.24) is 15.1 Å². The summed E-state index contributed by atoms with van der Waals surface area (Å²) in [5.74, 6) is 0.821. The number of nitrogens with two attached hydrogens (primary N) is 1. The Morgan fingerprint density at radius 3 is 2.91 bits per heavy atom. The summed E-state index contributed by atoms with van der Waals surface area (Å²) >= 11 is 1.47. The van der Waals surface area contributed by atoms with Crippen LogP contribution in [0.3, 0.4) is 0 Å². The Bertz CT molecular complexity index is 840. The van der Waals surface area contributed by atoms with Crippen LogP contribution in [0.15, 0.2) is 34.2 Å². The maximum Gasteiger partial charge on any atom is 0.232 e. The first-order valence-corrected chi connectivity index (χ1v) is 8.33. The standard InChI is InChI=1S/C16H15FN4OS/c17-11-4-1-3-10(7-11)14-19-12(9-23-14)8-13-20-15(21-22-13)16(18)5-2-6-16/h1,3-4,7,9H,2,5-6,8,18H2. The predicted molar refractivity (Wildman–Crippen MR) is 84.3 cm³/mol. The molecule has 0 aliphatic heterocycles. The van der Waals surface area contributed by atoms with E-state index >= 15 is 0 Å². The van der Waals surface area contributed by atoms with Crippen molar-refractivity contribution in [1.29, 1.82) is 0 Å². The Morgan fingerprint density at radius 2 is 2.17 bits per heavy atom. The lowest BCUT2D eigenvalue weighted by molar-refractivity contribution is 0.229. The number of hydrogen-bond donors (Lipinski definition) is 1. The summed E-state index contributed by atoms with van der Waals surface area (Å²) in [6, 6.07) is 6.41. The fourth-order valence-electron chi connectivity index (χ4n) is 2.61. The molecule has 1 saturated carbocycles. The van der Waals surface area contributed by atoms with E-state index in [4.69, 9.17) is 10.3 Å². The normalized spacial score (nSPS) is 16.3. The molecule has 1 aliphatic rings. The molecule has 3 aromatic rings. The third kappa shape index (κ3) is 2.77. The molecule has 0 unspecified atom stereocenters. The van der Waals surface area contributed by atoms with Crippen molar-refractivity contribution in [3.63, 3.8) is 0 Å². The van der Waals surface area contributed by atoms with Gasteiger partial charge in [-0.3, -0.25) is 0 Å². The second-order valence-corrected chi connectivity index (χ2v) is 6.71. The number of aromatic nitrogens is 3. The summed E-state index contributed by atoms with van der Waals surface area (Å²) in [4.78, 5) is 8.91. The Kier molecular flexibility index (Phi) is 3.46. The van der Waals surface area contributed by atoms with Crippen LogP contribution in [-0.2, 0) is 12.0 Å². The van der Waals surface area contributed by atoms with Crippen LogP contribution in [0.5, 0.6) is 0 Å². The van der Waals surface area contributed by atoms with Gasteiger partial charge in [-0.15, -0.1) is 11.3 Å². The monoisotopic (exact) mass is 330 g/mol. The smallest absolute Gasteiger partial charge is 0.232 e. The molecule has 118 valence electrons. The highest BCUT2D eigenvalue weighted by Gasteiger charge is 2.38. The fourth-order valence-corrected chi connectivity index (χ4v) is 3.42. The zero-order chi connectivity index (χ0) is 15.9. The van der Waals surface area contributed by atoms with Crippen LogP contribution in [-0.4, -0.2) is 15.1 Å². The molecule has 1 fully saturated rings. The molecule has 1 aromatic carbocycles. The lowest BCUT2D eigenvalue weighted by Gasteiger charge is -2.34. The maximum atomic E-state index is 13.3. The molecule has 7 heteroatoms. The first kappa shape index (κ1) is 14.5. The summed E-state index contributed by atoms with van der Waals surface area (Å²) in [5.41, 5.74) is 7.36. The van der Waals surface area contributed by atoms with Crippen LogP contribution < -0.4 is 5.73 Å². The number of rotatable bonds is 4. The molecule has 0 bridgehead atoms. The van der Waals surface area contributed by atoms with Crippen LogP contribution in [0.25, 0.3) is 10.6 Å². The molecular formula is C16H15FN4OS. The van der Waals surface area contributed by atoms with Crippen LogP contribution in [0.4, 0.5) is 4.39 Å². The van der Waals surface area contributed by atoms with E-state index in [0.717, 1.165) is 35.5 Å². The molecule has 5 nitrogen and oxygen atoms in total. The van der Waals surface area contributed by atoms with E-state index in [2.05, 4.69) is 15.1 Å². The van der Waals surface area contributed by atoms with Crippen molar-refractivity contribution in [2.45, 2.75) is 31.2 Å². The van der Waals surface area contributed by atoms with Crippen molar-refractivity contribution in [2.24, 2.45) is 5.73 Å². The van der Waals surface area contributed by atoms with Gasteiger partial charge in [0.15, 0.2) is 5.82 Å². The van der Waals surface area contributed by atoms with E-state index in [1.165, 1.54) is 23.5 Å². The zero-order valence-electron chi connectivity index (χ0n) is 12.3. The third-order valence-corrected chi connectivity index (χ3v) is 5.06. The van der Waals surface area contributed by atoms with E-state index in [1.807, 2.05) is 11.4 Å². The van der Waals surface area contributed by atoms with Gasteiger partial charge in [-0.1, -0.05) is 17.3 Å². The summed E-state index contributed by atoms with van der Waals surface area (Å²) in [5, 5.41) is 6.69. The Morgan fingerprint density at radius 1 is 1.30 bits per heavy atom. The summed E-state index contributed by atoms with van der Waals surface area (Å²) in [6.45, 7) is 0. The van der Waals surface area contributed by atoms with E-state index < -0.39 is 5.54 Å². The maximum absolute atomic E-state index is 13.3. The van der Waals surface area contributed by atoms with Gasteiger partial charge in [0.1, 0.15) is 10.8 Å². The van der Waals surface area contributed by atoms with Crippen molar-refractivity contribution in [2.75, 3.05) is 0 Å². The number of nitrogens with zero attached hydrogens (tertiary/aromatic N) is 3. The molecule has 2 N–H and O–H groups in total. The van der Waals surface area contributed by atoms with Gasteiger partial charge in [0.2, 0.25) is 5.89 Å². The van der Waals surface area contributed by atoms with Gasteiger partial charge < -0.3 is 10.3 Å². The lowest BCUT2D eigenvalue weighted by Crippen LogP contribution is -2.44. The highest BCUT2D eigenvalue weighted by atomic mass is 32.1.